The van der Waals surface area contributed by atoms with Gasteiger partial charge in [0.2, 0.25) is 0 Å². The van der Waals surface area contributed by atoms with E-state index in [1.165, 1.54) is 0 Å². The largest absolute Gasteiger partial charge is 0.402 e. The molecule has 0 aliphatic carbocycles. The SMILES string of the molecule is C=C(N)CS(=O)O. The van der Waals surface area contributed by atoms with Crippen LogP contribution in [0.4, 0.5) is 0 Å². The van der Waals surface area contributed by atoms with E-state index in [0.717, 1.165) is 0 Å². The third-order valence-electron chi connectivity index (χ3n) is 0.309. The molecular formula is C3H7NO2S. The molecule has 0 saturated heterocycles. The number of nitrogens with two attached hydrogens (primary N) is 1. The molecular weight excluding hydrogens is 114 g/mol. The van der Waals surface area contributed by atoms with E-state index in [4.69, 9.17) is 10.3 Å². The summed E-state index contributed by atoms with van der Waals surface area (Å²) in [5.74, 6) is -0.0278. The molecule has 42 valence electrons. The van der Waals surface area contributed by atoms with E-state index in [1.807, 2.05) is 0 Å². The third-order valence-corrected chi connectivity index (χ3v) is 0.927. The molecule has 0 aromatic carbocycles. The highest BCUT2D eigenvalue weighted by atomic mass is 32.2. The van der Waals surface area contributed by atoms with Crippen LogP contribution in [0.5, 0.6) is 0 Å². The Morgan fingerprint density at radius 3 is 2.43 bits per heavy atom. The van der Waals surface area contributed by atoms with Crippen LogP contribution >= 0.6 is 0 Å². The highest BCUT2D eigenvalue weighted by molar-refractivity contribution is 7.79. The number of hydrogen-bond donors (Lipinski definition) is 2. The molecule has 7 heavy (non-hydrogen) atoms. The molecule has 0 amide bonds. The number of rotatable bonds is 2. The predicted molar refractivity (Wildman–Crippen MR) is 29.0 cm³/mol. The lowest BCUT2D eigenvalue weighted by molar-refractivity contribution is 0.566. The van der Waals surface area contributed by atoms with Gasteiger partial charge in [0.05, 0.1) is 5.75 Å². The molecule has 1 unspecified atom stereocenters. The Hall–Kier alpha value is -0.350. The first kappa shape index (κ1) is 6.65. The third kappa shape index (κ3) is 5.65. The van der Waals surface area contributed by atoms with Crippen LogP contribution in [0.25, 0.3) is 0 Å². The first-order chi connectivity index (χ1) is 3.13. The molecule has 3 nitrogen and oxygen atoms in total. The molecule has 1 atom stereocenters. The van der Waals surface area contributed by atoms with Crippen LogP contribution in [-0.2, 0) is 11.1 Å². The maximum Gasteiger partial charge on any atom is 0.158 e. The van der Waals surface area contributed by atoms with Crippen LogP contribution in [0.2, 0.25) is 0 Å². The van der Waals surface area contributed by atoms with Crippen molar-refractivity contribution in [1.82, 2.24) is 0 Å². The fourth-order valence-corrected chi connectivity index (χ4v) is 0.476. The molecule has 0 rings (SSSR count). The second kappa shape index (κ2) is 2.76. The summed E-state index contributed by atoms with van der Waals surface area (Å²) in [4.78, 5) is 0. The van der Waals surface area contributed by atoms with Crippen molar-refractivity contribution in [3.8, 4) is 0 Å². The van der Waals surface area contributed by atoms with Crippen molar-refractivity contribution < 1.29 is 8.76 Å². The molecule has 0 bridgehead atoms. The Balaban J connectivity index is 3.32. The van der Waals surface area contributed by atoms with Gasteiger partial charge in [-0.05, 0) is 0 Å². The zero-order valence-electron chi connectivity index (χ0n) is 3.76. The van der Waals surface area contributed by atoms with Gasteiger partial charge in [0.1, 0.15) is 0 Å². The van der Waals surface area contributed by atoms with Crippen molar-refractivity contribution in [2.45, 2.75) is 0 Å². The quantitative estimate of drug-likeness (QED) is 0.492. The molecule has 0 aromatic rings. The minimum absolute atomic E-state index is 0.0278. The van der Waals surface area contributed by atoms with E-state index >= 15 is 0 Å². The van der Waals surface area contributed by atoms with Crippen molar-refractivity contribution in [3.05, 3.63) is 12.3 Å². The molecule has 0 aliphatic heterocycles. The molecule has 0 fully saturated rings. The topological polar surface area (TPSA) is 63.3 Å². The van der Waals surface area contributed by atoms with Gasteiger partial charge in [-0.1, -0.05) is 6.58 Å². The van der Waals surface area contributed by atoms with Crippen LogP contribution in [0.3, 0.4) is 0 Å². The first-order valence-corrected chi connectivity index (χ1v) is 2.91. The van der Waals surface area contributed by atoms with E-state index in [2.05, 4.69) is 6.58 Å². The van der Waals surface area contributed by atoms with Gasteiger partial charge in [0.25, 0.3) is 0 Å². The van der Waals surface area contributed by atoms with Crippen molar-refractivity contribution >= 4 is 11.1 Å². The van der Waals surface area contributed by atoms with Crippen molar-refractivity contribution in [1.29, 1.82) is 0 Å². The van der Waals surface area contributed by atoms with E-state index in [0.29, 0.717) is 0 Å². The van der Waals surface area contributed by atoms with Gasteiger partial charge in [-0.25, -0.2) is 4.21 Å². The van der Waals surface area contributed by atoms with Crippen LogP contribution in [0.1, 0.15) is 0 Å². The normalized spacial score (nSPS) is 13.3. The summed E-state index contributed by atoms with van der Waals surface area (Å²) in [7, 11) is 0. The lowest BCUT2D eigenvalue weighted by Gasteiger charge is -1.88. The zero-order chi connectivity index (χ0) is 5.86. The van der Waals surface area contributed by atoms with Crippen LogP contribution in [0.15, 0.2) is 12.3 Å². The average molecular weight is 121 g/mol. The molecule has 0 aromatic heterocycles. The Bertz CT molecular complexity index is 89.1. The Labute approximate surface area is 44.5 Å². The van der Waals surface area contributed by atoms with Crippen LogP contribution in [-0.4, -0.2) is 14.5 Å². The summed E-state index contributed by atoms with van der Waals surface area (Å²) in [5, 5.41) is 0. The summed E-state index contributed by atoms with van der Waals surface area (Å²) in [6.45, 7) is 3.22. The fourth-order valence-electron chi connectivity index (χ4n) is 0.159. The highest BCUT2D eigenvalue weighted by Gasteiger charge is 1.89. The van der Waals surface area contributed by atoms with Gasteiger partial charge in [0.15, 0.2) is 11.1 Å². The second-order valence-electron chi connectivity index (χ2n) is 1.12. The van der Waals surface area contributed by atoms with E-state index in [9.17, 15) is 4.21 Å². The van der Waals surface area contributed by atoms with Crippen LogP contribution < -0.4 is 5.73 Å². The molecule has 0 saturated carbocycles. The molecule has 0 radical (unpaired) electrons. The number of hydrogen-bond acceptors (Lipinski definition) is 2. The fraction of sp³-hybridized carbons (Fsp3) is 0.333. The minimum atomic E-state index is -1.82. The minimum Gasteiger partial charge on any atom is -0.402 e. The van der Waals surface area contributed by atoms with E-state index in [-0.39, 0.29) is 11.4 Å². The van der Waals surface area contributed by atoms with Crippen molar-refractivity contribution in [3.63, 3.8) is 0 Å². The monoisotopic (exact) mass is 121 g/mol. The van der Waals surface area contributed by atoms with Gasteiger partial charge in [-0.3, -0.25) is 0 Å². The average Bonchev–Trinajstić information content (AvgIpc) is 1.27. The van der Waals surface area contributed by atoms with Gasteiger partial charge < -0.3 is 10.3 Å². The Morgan fingerprint density at radius 1 is 2.00 bits per heavy atom. The maximum atomic E-state index is 9.78. The van der Waals surface area contributed by atoms with Crippen molar-refractivity contribution in [2.75, 3.05) is 5.75 Å². The molecule has 4 heteroatoms. The first-order valence-electron chi connectivity index (χ1n) is 1.63. The summed E-state index contributed by atoms with van der Waals surface area (Å²) in [5.41, 5.74) is 5.18. The molecule has 0 spiro atoms. The molecule has 0 heterocycles. The smallest absolute Gasteiger partial charge is 0.158 e. The summed E-state index contributed by atoms with van der Waals surface area (Å²) in [6, 6.07) is 0. The van der Waals surface area contributed by atoms with E-state index < -0.39 is 11.1 Å². The molecule has 3 N–H and O–H groups in total. The molecule has 0 aliphatic rings. The standard InChI is InChI=1S/C3H7NO2S/c1-3(4)2-7(5)6/h1-2,4H2,(H,5,6). The summed E-state index contributed by atoms with van der Waals surface area (Å²) in [6.07, 6.45) is 0. The van der Waals surface area contributed by atoms with Gasteiger partial charge in [-0.15, -0.1) is 0 Å². The lowest BCUT2D eigenvalue weighted by Crippen LogP contribution is -2.05. The van der Waals surface area contributed by atoms with Crippen LogP contribution in [0, 0.1) is 0 Å². The predicted octanol–water partition coefficient (Wildman–Crippen LogP) is -0.319. The Morgan fingerprint density at radius 2 is 2.43 bits per heavy atom. The van der Waals surface area contributed by atoms with Gasteiger partial charge in [-0.2, -0.15) is 0 Å². The zero-order valence-corrected chi connectivity index (χ0v) is 4.57. The maximum absolute atomic E-state index is 9.78. The summed E-state index contributed by atoms with van der Waals surface area (Å²) < 4.78 is 17.8. The van der Waals surface area contributed by atoms with Gasteiger partial charge >= 0.3 is 0 Å². The lowest BCUT2D eigenvalue weighted by atomic mass is 10.6. The second-order valence-corrected chi connectivity index (χ2v) is 2.06. The van der Waals surface area contributed by atoms with Gasteiger partial charge in [0, 0.05) is 5.70 Å². The van der Waals surface area contributed by atoms with Crippen molar-refractivity contribution in [2.24, 2.45) is 5.73 Å². The Kier molecular flexibility index (Phi) is 2.62. The summed E-state index contributed by atoms with van der Waals surface area (Å²) >= 11 is -1.82. The highest BCUT2D eigenvalue weighted by Crippen LogP contribution is 1.78. The van der Waals surface area contributed by atoms with E-state index in [1.54, 1.807) is 0 Å².